The predicted octanol–water partition coefficient (Wildman–Crippen LogP) is -0.788. The first-order valence-electron chi connectivity index (χ1n) is 5.70. The molecule has 3 unspecified atom stereocenters. The molecule has 0 aromatic heterocycles. The van der Waals surface area contributed by atoms with E-state index in [4.69, 9.17) is 9.84 Å². The van der Waals surface area contributed by atoms with Gasteiger partial charge in [0, 0.05) is 27.0 Å². The zero-order valence-electron chi connectivity index (χ0n) is 10.7. The number of carbonyl (C=O) groups is 3. The van der Waals surface area contributed by atoms with Crippen molar-refractivity contribution in [3.05, 3.63) is 0 Å². The minimum Gasteiger partial charge on any atom is -0.480 e. The van der Waals surface area contributed by atoms with Gasteiger partial charge in [-0.15, -0.1) is 0 Å². The predicted molar refractivity (Wildman–Crippen MR) is 61.8 cm³/mol. The molecule has 18 heavy (non-hydrogen) atoms. The first kappa shape index (κ1) is 14.4. The van der Waals surface area contributed by atoms with E-state index >= 15 is 0 Å². The third-order valence-corrected chi connectivity index (χ3v) is 2.95. The van der Waals surface area contributed by atoms with Crippen LogP contribution in [0.5, 0.6) is 0 Å². The van der Waals surface area contributed by atoms with Gasteiger partial charge in [-0.05, 0) is 6.92 Å². The number of methoxy groups -OCH3 is 1. The summed E-state index contributed by atoms with van der Waals surface area (Å²) in [5.41, 5.74) is 0. The van der Waals surface area contributed by atoms with Crippen molar-refractivity contribution in [2.24, 2.45) is 0 Å². The molecule has 7 nitrogen and oxygen atoms in total. The van der Waals surface area contributed by atoms with E-state index in [0.29, 0.717) is 0 Å². The van der Waals surface area contributed by atoms with E-state index in [1.165, 1.54) is 25.9 Å². The van der Waals surface area contributed by atoms with E-state index in [9.17, 15) is 14.4 Å². The fraction of sp³-hybridized carbons (Fsp3) is 0.727. The fourth-order valence-corrected chi connectivity index (χ4v) is 2.06. The molecule has 0 bridgehead atoms. The SMILES string of the molecule is COC1CC(C(=O)O)N(C(=O)C(C)NC(C)=O)C1. The minimum atomic E-state index is -1.06. The van der Waals surface area contributed by atoms with Crippen LogP contribution in [0, 0.1) is 0 Å². The van der Waals surface area contributed by atoms with Crippen molar-refractivity contribution in [1.29, 1.82) is 0 Å². The van der Waals surface area contributed by atoms with E-state index in [1.807, 2.05) is 0 Å². The van der Waals surface area contributed by atoms with Gasteiger partial charge >= 0.3 is 5.97 Å². The third-order valence-electron chi connectivity index (χ3n) is 2.95. The Bertz CT molecular complexity index is 357. The number of likely N-dealkylation sites (tertiary alicyclic amines) is 1. The van der Waals surface area contributed by atoms with Crippen molar-refractivity contribution in [3.63, 3.8) is 0 Å². The van der Waals surface area contributed by atoms with Gasteiger partial charge in [0.25, 0.3) is 0 Å². The van der Waals surface area contributed by atoms with Crippen molar-refractivity contribution in [1.82, 2.24) is 10.2 Å². The summed E-state index contributed by atoms with van der Waals surface area (Å²) in [6, 6.07) is -1.63. The van der Waals surface area contributed by atoms with Crippen LogP contribution < -0.4 is 5.32 Å². The van der Waals surface area contributed by atoms with Crippen LogP contribution in [0.25, 0.3) is 0 Å². The van der Waals surface area contributed by atoms with Crippen molar-refractivity contribution < 1.29 is 24.2 Å². The Balaban J connectivity index is 2.76. The molecule has 1 fully saturated rings. The van der Waals surface area contributed by atoms with E-state index in [2.05, 4.69) is 5.32 Å². The second-order valence-electron chi connectivity index (χ2n) is 4.36. The Labute approximate surface area is 105 Å². The van der Waals surface area contributed by atoms with Crippen molar-refractivity contribution in [2.45, 2.75) is 38.5 Å². The Kier molecular flexibility index (Phi) is 4.66. The van der Waals surface area contributed by atoms with Crippen LogP contribution in [0.2, 0.25) is 0 Å². The molecule has 1 aliphatic heterocycles. The van der Waals surface area contributed by atoms with Gasteiger partial charge in [-0.1, -0.05) is 0 Å². The Morgan fingerprint density at radius 1 is 1.44 bits per heavy atom. The molecule has 1 aliphatic rings. The van der Waals surface area contributed by atoms with Crippen molar-refractivity contribution >= 4 is 17.8 Å². The minimum absolute atomic E-state index is 0.232. The fourth-order valence-electron chi connectivity index (χ4n) is 2.06. The molecule has 1 rings (SSSR count). The zero-order valence-corrected chi connectivity index (χ0v) is 10.7. The van der Waals surface area contributed by atoms with Gasteiger partial charge in [0.2, 0.25) is 11.8 Å². The highest BCUT2D eigenvalue weighted by Crippen LogP contribution is 2.21. The molecule has 0 aliphatic carbocycles. The molecule has 3 atom stereocenters. The Morgan fingerprint density at radius 3 is 2.50 bits per heavy atom. The van der Waals surface area contributed by atoms with Crippen LogP contribution >= 0.6 is 0 Å². The number of hydrogen-bond donors (Lipinski definition) is 2. The van der Waals surface area contributed by atoms with Gasteiger partial charge < -0.3 is 20.1 Å². The molecule has 1 saturated heterocycles. The molecule has 2 N–H and O–H groups in total. The van der Waals surface area contributed by atoms with Gasteiger partial charge in [-0.3, -0.25) is 9.59 Å². The number of carboxylic acids is 1. The summed E-state index contributed by atoms with van der Waals surface area (Å²) in [7, 11) is 1.48. The number of rotatable bonds is 4. The second kappa shape index (κ2) is 5.81. The summed E-state index contributed by atoms with van der Waals surface area (Å²) >= 11 is 0. The molecule has 0 aromatic rings. The van der Waals surface area contributed by atoms with Gasteiger partial charge in [0.15, 0.2) is 0 Å². The molecule has 0 aromatic carbocycles. The number of nitrogens with one attached hydrogen (secondary N) is 1. The number of amides is 2. The summed E-state index contributed by atoms with van der Waals surface area (Å²) in [5, 5.41) is 11.5. The summed E-state index contributed by atoms with van der Waals surface area (Å²) in [5.74, 6) is -1.79. The first-order valence-corrected chi connectivity index (χ1v) is 5.70. The number of hydrogen-bond acceptors (Lipinski definition) is 4. The van der Waals surface area contributed by atoms with E-state index in [0.717, 1.165) is 0 Å². The normalized spacial score (nSPS) is 24.7. The lowest BCUT2D eigenvalue weighted by Crippen LogP contribution is -2.50. The summed E-state index contributed by atoms with van der Waals surface area (Å²) in [6.07, 6.45) is -0.00995. The zero-order chi connectivity index (χ0) is 13.9. The third kappa shape index (κ3) is 3.19. The maximum Gasteiger partial charge on any atom is 0.326 e. The highest BCUT2D eigenvalue weighted by atomic mass is 16.5. The summed E-state index contributed by atoms with van der Waals surface area (Å²) in [6.45, 7) is 3.07. The quantitative estimate of drug-likeness (QED) is 0.689. The molecule has 0 saturated carbocycles. The maximum atomic E-state index is 12.0. The largest absolute Gasteiger partial charge is 0.480 e. The van der Waals surface area contributed by atoms with E-state index < -0.39 is 24.0 Å². The summed E-state index contributed by atoms with van der Waals surface area (Å²) < 4.78 is 5.09. The van der Waals surface area contributed by atoms with Gasteiger partial charge in [-0.2, -0.15) is 0 Å². The lowest BCUT2D eigenvalue weighted by molar-refractivity contribution is -0.149. The van der Waals surface area contributed by atoms with Crippen LogP contribution in [0.4, 0.5) is 0 Å². The topological polar surface area (TPSA) is 95.9 Å². The Morgan fingerprint density at radius 2 is 2.06 bits per heavy atom. The second-order valence-corrected chi connectivity index (χ2v) is 4.36. The average molecular weight is 258 g/mol. The van der Waals surface area contributed by atoms with E-state index in [1.54, 1.807) is 0 Å². The maximum absolute atomic E-state index is 12.0. The highest BCUT2D eigenvalue weighted by Gasteiger charge is 2.41. The summed E-state index contributed by atoms with van der Waals surface area (Å²) in [4.78, 5) is 35.3. The molecule has 102 valence electrons. The first-order chi connectivity index (χ1) is 8.36. The van der Waals surface area contributed by atoms with Crippen LogP contribution in [0.15, 0.2) is 0 Å². The van der Waals surface area contributed by atoms with Crippen LogP contribution in [-0.2, 0) is 19.1 Å². The number of carboxylic acid groups (broad SMARTS) is 1. The number of nitrogens with zero attached hydrogens (tertiary/aromatic N) is 1. The standard InChI is InChI=1S/C11H18N2O5/c1-6(12-7(2)14)10(15)13-5-8(18-3)4-9(13)11(16)17/h6,8-9H,4-5H2,1-3H3,(H,12,14)(H,16,17). The Hall–Kier alpha value is -1.63. The number of carbonyl (C=O) groups excluding carboxylic acids is 2. The molecule has 0 spiro atoms. The monoisotopic (exact) mass is 258 g/mol. The smallest absolute Gasteiger partial charge is 0.326 e. The number of aliphatic carboxylic acids is 1. The van der Waals surface area contributed by atoms with Crippen LogP contribution in [0.1, 0.15) is 20.3 Å². The van der Waals surface area contributed by atoms with Crippen molar-refractivity contribution in [3.8, 4) is 0 Å². The molecule has 7 heteroatoms. The van der Waals surface area contributed by atoms with Crippen LogP contribution in [0.3, 0.4) is 0 Å². The lowest BCUT2D eigenvalue weighted by atomic mass is 10.2. The average Bonchev–Trinajstić information content (AvgIpc) is 2.71. The van der Waals surface area contributed by atoms with Gasteiger partial charge in [-0.25, -0.2) is 4.79 Å². The van der Waals surface area contributed by atoms with Gasteiger partial charge in [0.1, 0.15) is 12.1 Å². The highest BCUT2D eigenvalue weighted by molar-refractivity contribution is 5.90. The van der Waals surface area contributed by atoms with Crippen molar-refractivity contribution in [2.75, 3.05) is 13.7 Å². The molecular formula is C11H18N2O5. The van der Waals surface area contributed by atoms with Crippen LogP contribution in [-0.4, -0.2) is 59.6 Å². The van der Waals surface area contributed by atoms with E-state index in [-0.39, 0.29) is 25.0 Å². The molecule has 2 amide bonds. The molecular weight excluding hydrogens is 240 g/mol. The number of ether oxygens (including phenoxy) is 1. The van der Waals surface area contributed by atoms with Gasteiger partial charge in [0.05, 0.1) is 6.10 Å². The molecule has 0 radical (unpaired) electrons. The lowest BCUT2D eigenvalue weighted by Gasteiger charge is -2.24. The molecule has 1 heterocycles.